The maximum absolute atomic E-state index is 12.2. The van der Waals surface area contributed by atoms with E-state index in [1.54, 1.807) is 38.1 Å². The summed E-state index contributed by atoms with van der Waals surface area (Å²) >= 11 is 0. The van der Waals surface area contributed by atoms with E-state index in [1.165, 1.54) is 9.71 Å². The number of hydrogen-bond donors (Lipinski definition) is 1. The van der Waals surface area contributed by atoms with Gasteiger partial charge in [-0.2, -0.15) is 5.11 Å². The van der Waals surface area contributed by atoms with Gasteiger partial charge in [0.05, 0.1) is 11.4 Å². The van der Waals surface area contributed by atoms with Crippen LogP contribution in [0.25, 0.3) is 0 Å². The molecule has 0 saturated carbocycles. The number of rotatable bonds is 4. The van der Waals surface area contributed by atoms with Crippen molar-refractivity contribution in [3.63, 3.8) is 0 Å². The zero-order valence-electron chi connectivity index (χ0n) is 16.1. The Balaban J connectivity index is 1.67. The van der Waals surface area contributed by atoms with Crippen molar-refractivity contribution in [2.75, 3.05) is 5.01 Å². The molecule has 0 unspecified atom stereocenters. The minimum absolute atomic E-state index is 0.134. The molecule has 1 N–H and O–H groups in total. The number of hydrogen-bond acceptors (Lipinski definition) is 9. The Morgan fingerprint density at radius 1 is 0.933 bits per heavy atom. The number of allylic oxidation sites excluding steroid dienone is 2. The number of carbonyl (C=O) groups is 2. The predicted molar refractivity (Wildman–Crippen MR) is 103 cm³/mol. The third-order valence-corrected chi connectivity index (χ3v) is 4.31. The molecule has 30 heavy (non-hydrogen) atoms. The molecule has 0 atom stereocenters. The largest absolute Gasteiger partial charge is 0.439 e. The number of azo groups is 1. The molecule has 2 aromatic carbocycles. The van der Waals surface area contributed by atoms with E-state index in [4.69, 9.17) is 9.68 Å². The summed E-state index contributed by atoms with van der Waals surface area (Å²) in [7, 11) is 0. The van der Waals surface area contributed by atoms with E-state index < -0.39 is 11.9 Å². The van der Waals surface area contributed by atoms with Crippen molar-refractivity contribution in [2.45, 2.75) is 13.8 Å². The van der Waals surface area contributed by atoms with E-state index in [1.807, 2.05) is 36.4 Å². The molecule has 2 heterocycles. The van der Waals surface area contributed by atoms with Gasteiger partial charge in [-0.1, -0.05) is 42.0 Å². The lowest BCUT2D eigenvalue weighted by atomic mass is 10.2. The van der Waals surface area contributed by atoms with E-state index in [2.05, 4.69) is 21.1 Å². The molecular weight excluding hydrogens is 388 g/mol. The molecule has 150 valence electrons. The van der Waals surface area contributed by atoms with Gasteiger partial charge in [-0.25, -0.2) is 14.6 Å². The van der Waals surface area contributed by atoms with Crippen LogP contribution in [-0.4, -0.2) is 16.6 Å². The van der Waals surface area contributed by atoms with E-state index in [0.29, 0.717) is 17.1 Å². The van der Waals surface area contributed by atoms with Crippen LogP contribution in [0.3, 0.4) is 0 Å². The highest BCUT2D eigenvalue weighted by atomic mass is 16.7. The van der Waals surface area contributed by atoms with E-state index in [0.717, 1.165) is 0 Å². The van der Waals surface area contributed by atoms with Crippen LogP contribution in [0.5, 0.6) is 0 Å². The summed E-state index contributed by atoms with van der Waals surface area (Å²) in [5.74, 6) is -1.24. The Hall–Kier alpha value is -4.18. The van der Waals surface area contributed by atoms with Crippen molar-refractivity contribution in [3.05, 3.63) is 83.5 Å². The molecule has 0 bridgehead atoms. The zero-order chi connectivity index (χ0) is 21.1. The highest BCUT2D eigenvalue weighted by Crippen LogP contribution is 2.27. The number of nitrogens with zero attached hydrogens (tertiary/aromatic N) is 5. The smallest absolute Gasteiger partial charge is 0.345 e. The molecule has 0 radical (unpaired) electrons. The highest BCUT2D eigenvalue weighted by molar-refractivity contribution is 5.95. The second-order valence-corrected chi connectivity index (χ2v) is 6.33. The summed E-state index contributed by atoms with van der Waals surface area (Å²) < 4.78 is 1.35. The number of hydrazine groups is 1. The maximum Gasteiger partial charge on any atom is 0.439 e. The summed E-state index contributed by atoms with van der Waals surface area (Å²) in [4.78, 5) is 34.1. The number of para-hydroxylation sites is 2. The second-order valence-electron chi connectivity index (χ2n) is 6.33. The summed E-state index contributed by atoms with van der Waals surface area (Å²) in [5, 5.41) is 13.5. The quantitative estimate of drug-likeness (QED) is 0.473. The Labute approximate surface area is 171 Å². The van der Waals surface area contributed by atoms with Crippen LogP contribution in [0.4, 0.5) is 11.4 Å². The lowest BCUT2D eigenvalue weighted by Gasteiger charge is -2.15. The molecule has 0 spiro atoms. The Kier molecular flexibility index (Phi) is 5.14. The summed E-state index contributed by atoms with van der Waals surface area (Å²) in [6, 6.07) is 18.2. The first-order chi connectivity index (χ1) is 14.6. The second kappa shape index (κ2) is 8.05. The standard InChI is InChI=1S/C20H17N6O4/c1-13(17-19(27)29-23-25(17)15-9-5-3-6-10-15)21-22-14(2)18-20(28)30-24-26(18)16-11-7-4-8-12-16/h3-12,23H,1-2H3/q+1/b17-13+,18-14-,22-21+. The van der Waals surface area contributed by atoms with Crippen molar-refractivity contribution in [1.82, 2.24) is 5.59 Å². The normalized spacial score (nSPS) is 19.7. The summed E-state index contributed by atoms with van der Waals surface area (Å²) in [6.45, 7) is 3.22. The molecule has 2 aliphatic heterocycles. The maximum atomic E-state index is 12.2. The molecule has 1 fully saturated rings. The van der Waals surface area contributed by atoms with Crippen LogP contribution < -0.4 is 10.6 Å². The third-order valence-electron chi connectivity index (χ3n) is 4.31. The van der Waals surface area contributed by atoms with E-state index >= 15 is 0 Å². The molecule has 0 aromatic heterocycles. The first-order valence-electron chi connectivity index (χ1n) is 8.99. The van der Waals surface area contributed by atoms with Crippen molar-refractivity contribution in [1.29, 1.82) is 0 Å². The average molecular weight is 405 g/mol. The van der Waals surface area contributed by atoms with Crippen molar-refractivity contribution in [2.24, 2.45) is 15.5 Å². The Bertz CT molecular complexity index is 1120. The van der Waals surface area contributed by atoms with E-state index in [9.17, 15) is 9.59 Å². The van der Waals surface area contributed by atoms with Gasteiger partial charge in [0.25, 0.3) is 0 Å². The van der Waals surface area contributed by atoms with Gasteiger partial charge in [0.1, 0.15) is 5.70 Å². The van der Waals surface area contributed by atoms with Crippen LogP contribution in [0.2, 0.25) is 0 Å². The molecule has 2 aromatic rings. The lowest BCUT2D eigenvalue weighted by Crippen LogP contribution is -2.29. The summed E-state index contributed by atoms with van der Waals surface area (Å²) in [6.07, 6.45) is 0. The molecule has 4 rings (SSSR count). The van der Waals surface area contributed by atoms with Gasteiger partial charge in [0.15, 0.2) is 5.70 Å². The SMILES string of the molecule is CC(/N=N/C(C)=C1\C(=O)ONN1c1ccccc1)=C1\C(=O)ON=[N+]1c1ccccc1. The number of benzene rings is 2. The molecular formula is C20H17N6O4+. The van der Waals surface area contributed by atoms with E-state index in [-0.39, 0.29) is 17.1 Å². The average Bonchev–Trinajstić information content (AvgIpc) is 3.36. The monoisotopic (exact) mass is 405 g/mol. The third kappa shape index (κ3) is 3.59. The minimum atomic E-state index is -0.645. The number of carbonyl (C=O) groups excluding carboxylic acids is 2. The van der Waals surface area contributed by atoms with Gasteiger partial charge in [-0.15, -0.1) is 5.11 Å². The van der Waals surface area contributed by atoms with Crippen LogP contribution in [-0.2, 0) is 19.3 Å². The highest BCUT2D eigenvalue weighted by Gasteiger charge is 2.39. The Morgan fingerprint density at radius 2 is 1.57 bits per heavy atom. The fraction of sp³-hybridized carbons (Fsp3) is 0.100. The molecule has 0 amide bonds. The molecule has 10 heteroatoms. The summed E-state index contributed by atoms with van der Waals surface area (Å²) in [5.41, 5.74) is 4.76. The van der Waals surface area contributed by atoms with Gasteiger partial charge >= 0.3 is 17.6 Å². The number of anilines is 1. The van der Waals surface area contributed by atoms with Gasteiger partial charge in [0.2, 0.25) is 11.0 Å². The van der Waals surface area contributed by atoms with Gasteiger partial charge in [0, 0.05) is 12.1 Å². The van der Waals surface area contributed by atoms with Gasteiger partial charge in [-0.3, -0.25) is 4.84 Å². The van der Waals surface area contributed by atoms with Gasteiger partial charge in [-0.05, 0) is 30.7 Å². The van der Waals surface area contributed by atoms with Crippen LogP contribution in [0, 0.1) is 0 Å². The molecule has 10 nitrogen and oxygen atoms in total. The van der Waals surface area contributed by atoms with Crippen molar-refractivity contribution >= 4 is 23.3 Å². The molecule has 0 aliphatic carbocycles. The fourth-order valence-electron chi connectivity index (χ4n) is 2.88. The minimum Gasteiger partial charge on any atom is -0.345 e. The number of nitrogens with one attached hydrogen (secondary N) is 1. The molecule has 1 saturated heterocycles. The topological polar surface area (TPSA) is 108 Å². The van der Waals surface area contributed by atoms with Crippen LogP contribution >= 0.6 is 0 Å². The zero-order valence-corrected chi connectivity index (χ0v) is 16.1. The fourth-order valence-corrected chi connectivity index (χ4v) is 2.88. The van der Waals surface area contributed by atoms with Crippen molar-refractivity contribution < 1.29 is 24.0 Å². The first kappa shape index (κ1) is 19.2. The van der Waals surface area contributed by atoms with Crippen molar-refractivity contribution in [3.8, 4) is 0 Å². The van der Waals surface area contributed by atoms with Crippen LogP contribution in [0.15, 0.2) is 99.0 Å². The van der Waals surface area contributed by atoms with Gasteiger partial charge < -0.3 is 4.84 Å². The van der Waals surface area contributed by atoms with Crippen LogP contribution in [0.1, 0.15) is 13.8 Å². The lowest BCUT2D eigenvalue weighted by molar-refractivity contribution is -0.464. The Morgan fingerprint density at radius 3 is 2.27 bits per heavy atom. The predicted octanol–water partition coefficient (Wildman–Crippen LogP) is 3.65. The first-order valence-corrected chi connectivity index (χ1v) is 8.99. The molecule has 2 aliphatic rings.